The van der Waals surface area contributed by atoms with E-state index in [0.29, 0.717) is 6.61 Å². The second-order valence-electron chi connectivity index (χ2n) is 3.43. The maximum absolute atomic E-state index is 11.6. The highest BCUT2D eigenvalue weighted by Crippen LogP contribution is 2.54. The third-order valence-corrected chi connectivity index (χ3v) is 4.78. The van der Waals surface area contributed by atoms with Crippen LogP contribution in [0.2, 0.25) is 0 Å². The second kappa shape index (κ2) is 3.06. The summed E-state index contributed by atoms with van der Waals surface area (Å²) in [5, 5.41) is -0.219. The average molecular weight is 164 g/mol. The summed E-state index contributed by atoms with van der Waals surface area (Å²) in [7, 11) is -2.38. The maximum Gasteiger partial charge on any atom is 0.205 e. The van der Waals surface area contributed by atoms with E-state index in [9.17, 15) is 4.57 Å². The van der Waals surface area contributed by atoms with Crippen LogP contribution in [0.3, 0.4) is 0 Å². The van der Waals surface area contributed by atoms with Gasteiger partial charge in [0.15, 0.2) is 0 Å². The largest absolute Gasteiger partial charge is 0.329 e. The minimum absolute atomic E-state index is 0.219. The molecule has 0 radical (unpaired) electrons. The Morgan fingerprint density at radius 2 is 1.80 bits per heavy atom. The van der Waals surface area contributed by atoms with Crippen molar-refractivity contribution < 1.29 is 9.09 Å². The maximum atomic E-state index is 11.6. The fourth-order valence-electron chi connectivity index (χ4n) is 0.440. The summed E-state index contributed by atoms with van der Waals surface area (Å²) >= 11 is 0. The fraction of sp³-hybridized carbons (Fsp3) is 1.00. The Morgan fingerprint density at radius 1 is 1.40 bits per heavy atom. The Bertz CT molecular complexity index is 146. The van der Waals surface area contributed by atoms with Crippen molar-refractivity contribution in [2.45, 2.75) is 32.9 Å². The third kappa shape index (κ3) is 2.43. The molecule has 3 heteroatoms. The van der Waals surface area contributed by atoms with Crippen LogP contribution in [-0.2, 0) is 9.09 Å². The van der Waals surface area contributed by atoms with Crippen molar-refractivity contribution in [2.75, 3.05) is 13.3 Å². The van der Waals surface area contributed by atoms with Gasteiger partial charge in [0, 0.05) is 11.8 Å². The van der Waals surface area contributed by atoms with E-state index in [4.69, 9.17) is 4.52 Å². The molecule has 0 spiro atoms. The van der Waals surface area contributed by atoms with Gasteiger partial charge in [-0.2, -0.15) is 0 Å². The monoisotopic (exact) mass is 164 g/mol. The number of hydrogen-bond donors (Lipinski definition) is 0. The predicted octanol–water partition coefficient (Wildman–Crippen LogP) is 2.73. The van der Waals surface area contributed by atoms with Crippen LogP contribution < -0.4 is 0 Å². The SMILES string of the molecule is CCOP(C)(=O)C(C)(C)C. The summed E-state index contributed by atoms with van der Waals surface area (Å²) in [4.78, 5) is 0. The highest BCUT2D eigenvalue weighted by Gasteiger charge is 2.31. The van der Waals surface area contributed by atoms with Crippen LogP contribution in [0, 0.1) is 0 Å². The molecule has 1 unspecified atom stereocenters. The van der Waals surface area contributed by atoms with E-state index >= 15 is 0 Å². The van der Waals surface area contributed by atoms with Gasteiger partial charge in [-0.25, -0.2) is 0 Å². The Hall–Kier alpha value is 0.190. The van der Waals surface area contributed by atoms with Crippen molar-refractivity contribution >= 4 is 7.37 Å². The summed E-state index contributed by atoms with van der Waals surface area (Å²) in [5.74, 6) is 0. The van der Waals surface area contributed by atoms with E-state index in [1.807, 2.05) is 27.7 Å². The molecule has 0 aliphatic carbocycles. The first kappa shape index (κ1) is 10.2. The van der Waals surface area contributed by atoms with Crippen LogP contribution in [0.15, 0.2) is 0 Å². The van der Waals surface area contributed by atoms with Gasteiger partial charge >= 0.3 is 0 Å². The molecular weight excluding hydrogens is 147 g/mol. The lowest BCUT2D eigenvalue weighted by Gasteiger charge is -2.26. The summed E-state index contributed by atoms with van der Waals surface area (Å²) < 4.78 is 16.8. The van der Waals surface area contributed by atoms with Crippen LogP contribution in [-0.4, -0.2) is 18.4 Å². The summed E-state index contributed by atoms with van der Waals surface area (Å²) in [6.45, 7) is 9.89. The summed E-state index contributed by atoms with van der Waals surface area (Å²) in [6, 6.07) is 0. The van der Waals surface area contributed by atoms with Crippen molar-refractivity contribution in [3.63, 3.8) is 0 Å². The van der Waals surface area contributed by atoms with Crippen molar-refractivity contribution in [1.82, 2.24) is 0 Å². The average Bonchev–Trinajstić information content (AvgIpc) is 1.61. The molecule has 0 aromatic carbocycles. The topological polar surface area (TPSA) is 26.3 Å². The molecule has 62 valence electrons. The van der Waals surface area contributed by atoms with Crippen LogP contribution in [0.4, 0.5) is 0 Å². The van der Waals surface area contributed by atoms with Gasteiger partial charge in [0.25, 0.3) is 0 Å². The summed E-state index contributed by atoms with van der Waals surface area (Å²) in [6.07, 6.45) is 0. The zero-order valence-corrected chi connectivity index (χ0v) is 8.37. The van der Waals surface area contributed by atoms with E-state index in [-0.39, 0.29) is 5.16 Å². The second-order valence-corrected chi connectivity index (χ2v) is 6.73. The molecule has 0 heterocycles. The molecule has 2 nitrogen and oxygen atoms in total. The Kier molecular flexibility index (Phi) is 3.12. The zero-order valence-electron chi connectivity index (χ0n) is 7.47. The fourth-order valence-corrected chi connectivity index (χ4v) is 1.32. The van der Waals surface area contributed by atoms with Crippen molar-refractivity contribution in [1.29, 1.82) is 0 Å². The molecular formula is C7H17O2P. The van der Waals surface area contributed by atoms with Crippen LogP contribution in [0.25, 0.3) is 0 Å². The minimum Gasteiger partial charge on any atom is -0.329 e. The lowest BCUT2D eigenvalue weighted by atomic mass is 10.3. The quantitative estimate of drug-likeness (QED) is 0.586. The molecule has 0 fully saturated rings. The molecule has 0 aliphatic rings. The molecule has 0 rings (SSSR count). The molecule has 1 atom stereocenters. The first-order chi connectivity index (χ1) is 4.31. The van der Waals surface area contributed by atoms with Crippen molar-refractivity contribution in [3.8, 4) is 0 Å². The highest BCUT2D eigenvalue weighted by atomic mass is 31.2. The zero-order chi connectivity index (χ0) is 8.41. The van der Waals surface area contributed by atoms with Gasteiger partial charge in [-0.15, -0.1) is 0 Å². The Balaban J connectivity index is 4.26. The number of hydrogen-bond acceptors (Lipinski definition) is 2. The first-order valence-electron chi connectivity index (χ1n) is 3.53. The molecule has 0 aromatic heterocycles. The van der Waals surface area contributed by atoms with E-state index in [0.717, 1.165) is 0 Å². The molecule has 0 saturated heterocycles. The molecule has 0 saturated carbocycles. The van der Waals surface area contributed by atoms with Gasteiger partial charge in [-0.05, 0) is 6.92 Å². The van der Waals surface area contributed by atoms with E-state index < -0.39 is 7.37 Å². The smallest absolute Gasteiger partial charge is 0.205 e. The third-order valence-electron chi connectivity index (χ3n) is 1.59. The van der Waals surface area contributed by atoms with Crippen LogP contribution >= 0.6 is 7.37 Å². The lowest BCUT2D eigenvalue weighted by molar-refractivity contribution is 0.321. The predicted molar refractivity (Wildman–Crippen MR) is 44.9 cm³/mol. The Labute approximate surface area is 63.4 Å². The van der Waals surface area contributed by atoms with Gasteiger partial charge in [-0.1, -0.05) is 20.8 Å². The Morgan fingerprint density at radius 3 is 1.90 bits per heavy atom. The lowest BCUT2D eigenvalue weighted by Crippen LogP contribution is -2.15. The van der Waals surface area contributed by atoms with Crippen LogP contribution in [0.1, 0.15) is 27.7 Å². The van der Waals surface area contributed by atoms with E-state index in [1.54, 1.807) is 6.66 Å². The molecule has 0 aromatic rings. The van der Waals surface area contributed by atoms with Gasteiger partial charge in [0.2, 0.25) is 7.37 Å². The van der Waals surface area contributed by atoms with Crippen molar-refractivity contribution in [2.24, 2.45) is 0 Å². The first-order valence-corrected chi connectivity index (χ1v) is 5.60. The molecule has 0 bridgehead atoms. The standard InChI is InChI=1S/C7H17O2P/c1-6-9-10(5,8)7(2,3)4/h6H2,1-5H3. The molecule has 0 aliphatic heterocycles. The van der Waals surface area contributed by atoms with E-state index in [2.05, 4.69) is 0 Å². The summed E-state index contributed by atoms with van der Waals surface area (Å²) in [5.41, 5.74) is 0. The van der Waals surface area contributed by atoms with Crippen LogP contribution in [0.5, 0.6) is 0 Å². The van der Waals surface area contributed by atoms with Gasteiger partial charge < -0.3 is 4.52 Å². The highest BCUT2D eigenvalue weighted by molar-refractivity contribution is 7.59. The molecule has 10 heavy (non-hydrogen) atoms. The van der Waals surface area contributed by atoms with Gasteiger partial charge in [0.1, 0.15) is 0 Å². The number of rotatable bonds is 2. The van der Waals surface area contributed by atoms with Gasteiger partial charge in [0.05, 0.1) is 6.61 Å². The normalized spacial score (nSPS) is 18.5. The van der Waals surface area contributed by atoms with E-state index in [1.165, 1.54) is 0 Å². The minimum atomic E-state index is -2.38. The molecule has 0 amide bonds. The molecule has 0 N–H and O–H groups in total. The van der Waals surface area contributed by atoms with Gasteiger partial charge in [-0.3, -0.25) is 4.57 Å². The van der Waals surface area contributed by atoms with Crippen molar-refractivity contribution in [3.05, 3.63) is 0 Å².